The Labute approximate surface area is 189 Å². The number of para-hydroxylation sites is 1. The van der Waals surface area contributed by atoms with Crippen LogP contribution in [0.3, 0.4) is 0 Å². The van der Waals surface area contributed by atoms with Crippen molar-refractivity contribution >= 4 is 15.7 Å². The molecule has 1 amide bonds. The first kappa shape index (κ1) is 23.1. The summed E-state index contributed by atoms with van der Waals surface area (Å²) >= 11 is 0. The van der Waals surface area contributed by atoms with Gasteiger partial charge in [0.2, 0.25) is 5.91 Å². The van der Waals surface area contributed by atoms with E-state index < -0.39 is 55.2 Å². The molecule has 6 nitrogen and oxygen atoms in total. The predicted molar refractivity (Wildman–Crippen MR) is 112 cm³/mol. The second-order valence-electron chi connectivity index (χ2n) is 8.39. The molecule has 33 heavy (non-hydrogen) atoms. The van der Waals surface area contributed by atoms with E-state index in [2.05, 4.69) is 5.32 Å². The number of ether oxygens (including phenoxy) is 1. The lowest BCUT2D eigenvalue weighted by molar-refractivity contribution is -0.139. The molecule has 1 N–H and O–H groups in total. The van der Waals surface area contributed by atoms with Crippen molar-refractivity contribution in [2.45, 2.75) is 53.6 Å². The van der Waals surface area contributed by atoms with E-state index in [-0.39, 0.29) is 12.8 Å². The molecule has 0 aromatic heterocycles. The minimum atomic E-state index is -4.84. The number of benzene rings is 2. The monoisotopic (exact) mass is 478 g/mol. The largest absolute Gasteiger partial charge is 0.490 e. The number of hydrogen-bond donors (Lipinski definition) is 1. The lowest BCUT2D eigenvalue weighted by Gasteiger charge is -2.21. The van der Waals surface area contributed by atoms with E-state index in [1.165, 1.54) is 6.07 Å². The summed E-state index contributed by atoms with van der Waals surface area (Å²) < 4.78 is 72.9. The van der Waals surface area contributed by atoms with Gasteiger partial charge in [-0.1, -0.05) is 30.3 Å². The summed E-state index contributed by atoms with van der Waals surface area (Å²) in [6, 6.07) is 14.6. The number of nitrogens with zero attached hydrogens (tertiary/aromatic N) is 1. The molecule has 4 rings (SSSR count). The summed E-state index contributed by atoms with van der Waals surface area (Å²) in [6.07, 6.45) is -5.09. The van der Waals surface area contributed by atoms with Crippen molar-refractivity contribution in [1.29, 1.82) is 5.26 Å². The molecule has 0 radical (unpaired) electrons. The van der Waals surface area contributed by atoms with Crippen LogP contribution in [0.1, 0.15) is 31.2 Å². The van der Waals surface area contributed by atoms with Crippen molar-refractivity contribution < 1.29 is 31.1 Å². The topological polar surface area (TPSA) is 96.3 Å². The lowest BCUT2D eigenvalue weighted by Crippen LogP contribution is -2.43. The Morgan fingerprint density at radius 3 is 2.30 bits per heavy atom. The van der Waals surface area contributed by atoms with E-state index in [4.69, 9.17) is 4.74 Å². The SMILES string of the molecule is N#CC1(NC(=O)C2C[C@H](S(=O)(=O)c3ccccc3C(F)(F)F)C[C@@H]2Oc2ccccc2)CC1. The van der Waals surface area contributed by atoms with Gasteiger partial charge >= 0.3 is 6.18 Å². The van der Waals surface area contributed by atoms with Crippen molar-refractivity contribution in [2.24, 2.45) is 5.92 Å². The normalized spacial score (nSPS) is 24.0. The van der Waals surface area contributed by atoms with Gasteiger partial charge in [-0.25, -0.2) is 8.42 Å². The van der Waals surface area contributed by atoms with Crippen LogP contribution < -0.4 is 10.1 Å². The fourth-order valence-electron chi connectivity index (χ4n) is 4.13. The van der Waals surface area contributed by atoms with Gasteiger partial charge in [-0.05, 0) is 43.5 Å². The van der Waals surface area contributed by atoms with Gasteiger partial charge in [0.15, 0.2) is 9.84 Å². The maximum absolute atomic E-state index is 13.5. The minimum Gasteiger partial charge on any atom is -0.490 e. The smallest absolute Gasteiger partial charge is 0.417 e. The quantitative estimate of drug-likeness (QED) is 0.680. The second-order valence-corrected chi connectivity index (χ2v) is 10.6. The molecule has 3 atom stereocenters. The van der Waals surface area contributed by atoms with Crippen molar-refractivity contribution in [3.63, 3.8) is 0 Å². The van der Waals surface area contributed by atoms with Crippen molar-refractivity contribution in [2.75, 3.05) is 0 Å². The van der Waals surface area contributed by atoms with Gasteiger partial charge in [-0.15, -0.1) is 0 Å². The minimum absolute atomic E-state index is 0.152. The van der Waals surface area contributed by atoms with E-state index in [1.54, 1.807) is 30.3 Å². The molecular formula is C23H21F3N2O4S. The van der Waals surface area contributed by atoms with Gasteiger partial charge in [0.1, 0.15) is 17.4 Å². The molecule has 2 saturated carbocycles. The highest BCUT2D eigenvalue weighted by Gasteiger charge is 2.51. The summed E-state index contributed by atoms with van der Waals surface area (Å²) in [5.74, 6) is -1.05. The van der Waals surface area contributed by atoms with Crippen LogP contribution in [-0.4, -0.2) is 31.2 Å². The standard InChI is InChI=1S/C23H21F3N2O4S/c24-23(25,26)18-8-4-5-9-20(18)33(30,31)16-12-17(21(29)28-22(14-27)10-11-22)19(13-16)32-15-6-2-1-3-7-15/h1-9,16-17,19H,10-13H2,(H,28,29)/t16-,17?,19-/m0/s1. The van der Waals surface area contributed by atoms with Crippen LogP contribution >= 0.6 is 0 Å². The van der Waals surface area contributed by atoms with Gasteiger partial charge in [0.05, 0.1) is 27.7 Å². The van der Waals surface area contributed by atoms with Crippen LogP contribution in [0.5, 0.6) is 5.75 Å². The number of alkyl halides is 3. The summed E-state index contributed by atoms with van der Waals surface area (Å²) in [5.41, 5.74) is -2.20. The fraction of sp³-hybridized carbons (Fsp3) is 0.391. The molecule has 10 heteroatoms. The second kappa shape index (κ2) is 8.37. The molecule has 0 aliphatic heterocycles. The van der Waals surface area contributed by atoms with Gasteiger partial charge in [-0.2, -0.15) is 18.4 Å². The number of sulfone groups is 1. The Morgan fingerprint density at radius 2 is 1.70 bits per heavy atom. The van der Waals surface area contributed by atoms with E-state index >= 15 is 0 Å². The molecule has 2 fully saturated rings. The van der Waals surface area contributed by atoms with Gasteiger partial charge in [0.25, 0.3) is 0 Å². The third-order valence-electron chi connectivity index (χ3n) is 6.09. The number of nitrogens with one attached hydrogen (secondary N) is 1. The Bertz CT molecular complexity index is 1190. The summed E-state index contributed by atoms with van der Waals surface area (Å²) in [6.45, 7) is 0. The molecule has 0 spiro atoms. The first-order chi connectivity index (χ1) is 15.6. The summed E-state index contributed by atoms with van der Waals surface area (Å²) in [7, 11) is -4.42. The van der Waals surface area contributed by atoms with Crippen LogP contribution in [0.4, 0.5) is 13.2 Å². The maximum atomic E-state index is 13.5. The van der Waals surface area contributed by atoms with Crippen molar-refractivity contribution in [1.82, 2.24) is 5.32 Å². The summed E-state index contributed by atoms with van der Waals surface area (Å²) in [4.78, 5) is 12.2. The third kappa shape index (κ3) is 4.69. The van der Waals surface area contributed by atoms with Gasteiger partial charge in [-0.3, -0.25) is 4.79 Å². The van der Waals surface area contributed by atoms with Crippen molar-refractivity contribution in [3.05, 3.63) is 60.2 Å². The van der Waals surface area contributed by atoms with Gasteiger partial charge in [0, 0.05) is 6.42 Å². The Hall–Kier alpha value is -3.06. The molecule has 2 aromatic rings. The molecule has 0 bridgehead atoms. The van der Waals surface area contributed by atoms with E-state index in [1.807, 2.05) is 6.07 Å². The Morgan fingerprint density at radius 1 is 1.06 bits per heavy atom. The first-order valence-corrected chi connectivity index (χ1v) is 12.0. The molecule has 2 aliphatic carbocycles. The first-order valence-electron chi connectivity index (χ1n) is 10.4. The fourth-order valence-corrected chi connectivity index (χ4v) is 6.16. The number of carbonyl (C=O) groups excluding carboxylic acids is 1. The zero-order valence-electron chi connectivity index (χ0n) is 17.4. The number of carbonyl (C=O) groups is 1. The zero-order valence-corrected chi connectivity index (χ0v) is 18.2. The lowest BCUT2D eigenvalue weighted by atomic mass is 10.0. The van der Waals surface area contributed by atoms with E-state index in [0.717, 1.165) is 18.2 Å². The average molecular weight is 478 g/mol. The van der Waals surface area contributed by atoms with E-state index in [9.17, 15) is 31.6 Å². The predicted octanol–water partition coefficient (Wildman–Crippen LogP) is 3.88. The number of hydrogen-bond acceptors (Lipinski definition) is 5. The highest BCUT2D eigenvalue weighted by molar-refractivity contribution is 7.92. The number of amides is 1. The van der Waals surface area contributed by atoms with Gasteiger partial charge < -0.3 is 10.1 Å². The molecule has 0 saturated heterocycles. The molecule has 0 heterocycles. The van der Waals surface area contributed by atoms with Crippen LogP contribution in [0.2, 0.25) is 0 Å². The van der Waals surface area contributed by atoms with Crippen LogP contribution in [0.15, 0.2) is 59.5 Å². The highest BCUT2D eigenvalue weighted by atomic mass is 32.2. The summed E-state index contributed by atoms with van der Waals surface area (Å²) in [5, 5.41) is 10.7. The van der Waals surface area contributed by atoms with Crippen LogP contribution in [-0.2, 0) is 20.8 Å². The Kier molecular flexibility index (Phi) is 5.86. The molecular weight excluding hydrogens is 457 g/mol. The molecule has 2 aromatic carbocycles. The highest BCUT2D eigenvalue weighted by Crippen LogP contribution is 2.42. The maximum Gasteiger partial charge on any atom is 0.417 e. The number of nitriles is 1. The molecule has 2 aliphatic rings. The van der Waals surface area contributed by atoms with Crippen molar-refractivity contribution in [3.8, 4) is 11.8 Å². The van der Waals surface area contributed by atoms with E-state index in [0.29, 0.717) is 18.6 Å². The average Bonchev–Trinajstić information content (AvgIpc) is 3.42. The van der Waals surface area contributed by atoms with Crippen LogP contribution in [0, 0.1) is 17.2 Å². The van der Waals surface area contributed by atoms with Crippen LogP contribution in [0.25, 0.3) is 0 Å². The third-order valence-corrected chi connectivity index (χ3v) is 8.32. The molecule has 1 unspecified atom stereocenters. The molecule has 174 valence electrons. The Balaban J connectivity index is 1.65. The number of rotatable bonds is 6. The number of halogens is 3. The zero-order chi connectivity index (χ0) is 23.9.